The fourth-order valence-corrected chi connectivity index (χ4v) is 1.32. The second-order valence-electron chi connectivity index (χ2n) is 3.06. The summed E-state index contributed by atoms with van der Waals surface area (Å²) in [5.41, 5.74) is 0. The van der Waals surface area contributed by atoms with Crippen molar-refractivity contribution in [3.63, 3.8) is 0 Å². The molecule has 0 fully saturated rings. The minimum absolute atomic E-state index is 0.338. The molecule has 1 aromatic rings. The Balaban J connectivity index is 2.66. The van der Waals surface area contributed by atoms with Crippen LogP contribution < -0.4 is 4.90 Å². The molecule has 0 saturated heterocycles. The molecule has 1 N–H and O–H groups in total. The van der Waals surface area contributed by atoms with Crippen molar-refractivity contribution in [2.24, 2.45) is 0 Å². The van der Waals surface area contributed by atoms with Gasteiger partial charge >= 0.3 is 0 Å². The summed E-state index contributed by atoms with van der Waals surface area (Å²) in [6.07, 6.45) is 1.41. The predicted octanol–water partition coefficient (Wildman–Crippen LogP) is 1.66. The molecule has 4 heteroatoms. The van der Waals surface area contributed by atoms with Crippen molar-refractivity contribution in [1.29, 1.82) is 0 Å². The van der Waals surface area contributed by atoms with E-state index < -0.39 is 0 Å². The lowest BCUT2D eigenvalue weighted by molar-refractivity contribution is 0.201. The number of rotatable bonds is 3. The van der Waals surface area contributed by atoms with E-state index in [1.54, 1.807) is 13.1 Å². The Morgan fingerprint density at radius 2 is 2.31 bits per heavy atom. The van der Waals surface area contributed by atoms with E-state index in [-0.39, 0.29) is 6.10 Å². The second kappa shape index (κ2) is 4.58. The van der Waals surface area contributed by atoms with Crippen LogP contribution in [0.2, 0.25) is 0 Å². The van der Waals surface area contributed by atoms with Gasteiger partial charge in [0.1, 0.15) is 5.82 Å². The summed E-state index contributed by atoms with van der Waals surface area (Å²) in [4.78, 5) is 6.11. The zero-order valence-corrected chi connectivity index (χ0v) is 9.32. The molecule has 0 spiro atoms. The van der Waals surface area contributed by atoms with E-state index in [4.69, 9.17) is 5.11 Å². The maximum Gasteiger partial charge on any atom is 0.128 e. The molecule has 1 heterocycles. The largest absolute Gasteiger partial charge is 0.392 e. The van der Waals surface area contributed by atoms with Crippen LogP contribution in [0.15, 0.2) is 22.8 Å². The van der Waals surface area contributed by atoms with Gasteiger partial charge in [0.15, 0.2) is 0 Å². The number of likely N-dealkylation sites (N-methyl/N-ethyl adjacent to an activating group) is 1. The molecule has 72 valence electrons. The van der Waals surface area contributed by atoms with Crippen LogP contribution in [-0.4, -0.2) is 29.8 Å². The van der Waals surface area contributed by atoms with Gasteiger partial charge < -0.3 is 10.0 Å². The first-order valence-corrected chi connectivity index (χ1v) is 4.89. The molecule has 0 saturated carbocycles. The first kappa shape index (κ1) is 10.5. The molecule has 1 unspecified atom stereocenters. The Labute approximate surface area is 86.5 Å². The van der Waals surface area contributed by atoms with Crippen molar-refractivity contribution < 1.29 is 5.11 Å². The zero-order valence-electron chi connectivity index (χ0n) is 7.74. The number of aromatic nitrogens is 1. The van der Waals surface area contributed by atoms with Gasteiger partial charge in [-0.1, -0.05) is 0 Å². The SMILES string of the molecule is CC(O)CN(C)c1ccc(Br)cn1. The van der Waals surface area contributed by atoms with Crippen molar-refractivity contribution in [2.45, 2.75) is 13.0 Å². The van der Waals surface area contributed by atoms with Crippen molar-refractivity contribution in [1.82, 2.24) is 4.98 Å². The first-order chi connectivity index (χ1) is 6.09. The van der Waals surface area contributed by atoms with Gasteiger partial charge in [0.2, 0.25) is 0 Å². The number of halogens is 1. The number of nitrogens with zero attached hydrogens (tertiary/aromatic N) is 2. The number of aliphatic hydroxyl groups is 1. The van der Waals surface area contributed by atoms with E-state index in [9.17, 15) is 0 Å². The summed E-state index contributed by atoms with van der Waals surface area (Å²) >= 11 is 3.32. The van der Waals surface area contributed by atoms with Crippen LogP contribution in [-0.2, 0) is 0 Å². The molecule has 0 amide bonds. The molecule has 1 rings (SSSR count). The molecule has 0 aromatic carbocycles. The monoisotopic (exact) mass is 244 g/mol. The van der Waals surface area contributed by atoms with Crippen LogP contribution in [0.25, 0.3) is 0 Å². The van der Waals surface area contributed by atoms with E-state index in [0.717, 1.165) is 10.3 Å². The predicted molar refractivity (Wildman–Crippen MR) is 56.9 cm³/mol. The Hall–Kier alpha value is -0.610. The van der Waals surface area contributed by atoms with Gasteiger partial charge in [-0.2, -0.15) is 0 Å². The maximum atomic E-state index is 9.16. The quantitative estimate of drug-likeness (QED) is 0.879. The van der Waals surface area contributed by atoms with Crippen LogP contribution in [0.1, 0.15) is 6.92 Å². The number of pyridine rings is 1. The van der Waals surface area contributed by atoms with Gasteiger partial charge in [-0.15, -0.1) is 0 Å². The van der Waals surface area contributed by atoms with Gasteiger partial charge in [-0.3, -0.25) is 0 Å². The summed E-state index contributed by atoms with van der Waals surface area (Å²) in [7, 11) is 1.91. The molecule has 13 heavy (non-hydrogen) atoms. The Kier molecular flexibility index (Phi) is 3.69. The van der Waals surface area contributed by atoms with Gasteiger partial charge in [0.25, 0.3) is 0 Å². The lowest BCUT2D eigenvalue weighted by atomic mass is 10.3. The average molecular weight is 245 g/mol. The van der Waals surface area contributed by atoms with E-state index in [0.29, 0.717) is 6.54 Å². The highest BCUT2D eigenvalue weighted by atomic mass is 79.9. The fourth-order valence-electron chi connectivity index (χ4n) is 1.08. The topological polar surface area (TPSA) is 36.4 Å². The third-order valence-electron chi connectivity index (χ3n) is 1.64. The molecule has 0 radical (unpaired) electrons. The molecular formula is C9H13BrN2O. The Morgan fingerprint density at radius 1 is 1.62 bits per heavy atom. The van der Waals surface area contributed by atoms with Crippen LogP contribution in [0.4, 0.5) is 5.82 Å². The fraction of sp³-hybridized carbons (Fsp3) is 0.444. The minimum Gasteiger partial charge on any atom is -0.392 e. The summed E-state index contributed by atoms with van der Waals surface area (Å²) in [5, 5.41) is 9.16. The van der Waals surface area contributed by atoms with Crippen molar-refractivity contribution in [3.8, 4) is 0 Å². The average Bonchev–Trinajstić information content (AvgIpc) is 2.04. The van der Waals surface area contributed by atoms with Crippen LogP contribution in [0, 0.1) is 0 Å². The number of hydrogen-bond donors (Lipinski definition) is 1. The highest BCUT2D eigenvalue weighted by molar-refractivity contribution is 9.10. The normalized spacial score (nSPS) is 12.6. The number of anilines is 1. The van der Waals surface area contributed by atoms with Gasteiger partial charge in [-0.05, 0) is 35.0 Å². The smallest absolute Gasteiger partial charge is 0.128 e. The maximum absolute atomic E-state index is 9.16. The molecule has 3 nitrogen and oxygen atoms in total. The highest BCUT2D eigenvalue weighted by Gasteiger charge is 2.04. The van der Waals surface area contributed by atoms with E-state index in [2.05, 4.69) is 20.9 Å². The van der Waals surface area contributed by atoms with Gasteiger partial charge in [-0.25, -0.2) is 4.98 Å². The van der Waals surface area contributed by atoms with Gasteiger partial charge in [0.05, 0.1) is 6.10 Å². The van der Waals surface area contributed by atoms with Gasteiger partial charge in [0, 0.05) is 24.3 Å². The van der Waals surface area contributed by atoms with E-state index in [1.165, 1.54) is 0 Å². The molecule has 0 aliphatic rings. The summed E-state index contributed by atoms with van der Waals surface area (Å²) in [6.45, 7) is 2.35. The minimum atomic E-state index is -0.338. The molecule has 1 atom stereocenters. The summed E-state index contributed by atoms with van der Waals surface area (Å²) in [5.74, 6) is 0.865. The molecule has 1 aromatic heterocycles. The van der Waals surface area contributed by atoms with Crippen LogP contribution in [0.5, 0.6) is 0 Å². The Bertz CT molecular complexity index is 261. The van der Waals surface area contributed by atoms with E-state index in [1.807, 2.05) is 24.1 Å². The third-order valence-corrected chi connectivity index (χ3v) is 2.11. The molecular weight excluding hydrogens is 232 g/mol. The number of hydrogen-bond acceptors (Lipinski definition) is 3. The lowest BCUT2D eigenvalue weighted by Gasteiger charge is -2.19. The first-order valence-electron chi connectivity index (χ1n) is 4.10. The van der Waals surface area contributed by atoms with Crippen molar-refractivity contribution in [2.75, 3.05) is 18.5 Å². The third kappa shape index (κ3) is 3.32. The molecule has 0 aliphatic carbocycles. The molecule has 0 aliphatic heterocycles. The standard InChI is InChI=1S/C9H13BrN2O/c1-7(13)6-12(2)9-4-3-8(10)5-11-9/h3-5,7,13H,6H2,1-2H3. The van der Waals surface area contributed by atoms with Crippen molar-refractivity contribution in [3.05, 3.63) is 22.8 Å². The highest BCUT2D eigenvalue weighted by Crippen LogP contribution is 2.13. The lowest BCUT2D eigenvalue weighted by Crippen LogP contribution is -2.27. The van der Waals surface area contributed by atoms with Crippen molar-refractivity contribution >= 4 is 21.7 Å². The van der Waals surface area contributed by atoms with E-state index >= 15 is 0 Å². The summed E-state index contributed by atoms with van der Waals surface area (Å²) in [6, 6.07) is 3.84. The molecule has 0 bridgehead atoms. The van der Waals surface area contributed by atoms with Crippen LogP contribution >= 0.6 is 15.9 Å². The number of aliphatic hydroxyl groups excluding tert-OH is 1. The zero-order chi connectivity index (χ0) is 9.84. The second-order valence-corrected chi connectivity index (χ2v) is 3.98. The van der Waals surface area contributed by atoms with Crippen LogP contribution in [0.3, 0.4) is 0 Å². The Morgan fingerprint density at radius 3 is 2.77 bits per heavy atom. The summed E-state index contributed by atoms with van der Waals surface area (Å²) < 4.78 is 0.960.